The molecule has 5 heteroatoms. The van der Waals surface area contributed by atoms with Crippen molar-refractivity contribution in [3.63, 3.8) is 0 Å². The predicted molar refractivity (Wildman–Crippen MR) is 121 cm³/mol. The summed E-state index contributed by atoms with van der Waals surface area (Å²) < 4.78 is 16.6. The van der Waals surface area contributed by atoms with Crippen LogP contribution < -0.4 is 14.2 Å². The van der Waals surface area contributed by atoms with E-state index in [2.05, 4.69) is 43.0 Å². The Morgan fingerprint density at radius 3 is 1.93 bits per heavy atom. The molecule has 3 nitrogen and oxygen atoms in total. The highest BCUT2D eigenvalue weighted by Crippen LogP contribution is 2.35. The van der Waals surface area contributed by atoms with E-state index in [0.717, 1.165) is 22.1 Å². The average molecular weight is 411 g/mol. The highest BCUT2D eigenvalue weighted by molar-refractivity contribution is 7.80. The molecule has 144 valence electrons. The van der Waals surface area contributed by atoms with Gasteiger partial charge in [0.05, 0.1) is 21.3 Å². The van der Waals surface area contributed by atoms with Crippen molar-refractivity contribution in [3.8, 4) is 27.7 Å². The SMILES string of the molecule is COc1ccc(-c2cc3ccc(OC)cc3s2)cc1.COc1cccc(S)c1. The van der Waals surface area contributed by atoms with E-state index in [9.17, 15) is 0 Å². The summed E-state index contributed by atoms with van der Waals surface area (Å²) in [6.45, 7) is 0. The Morgan fingerprint density at radius 1 is 0.679 bits per heavy atom. The summed E-state index contributed by atoms with van der Waals surface area (Å²) in [6.07, 6.45) is 0. The van der Waals surface area contributed by atoms with Gasteiger partial charge in [-0.2, -0.15) is 0 Å². The Morgan fingerprint density at radius 2 is 1.32 bits per heavy atom. The van der Waals surface area contributed by atoms with Gasteiger partial charge in [0.1, 0.15) is 17.2 Å². The molecule has 0 unspecified atom stereocenters. The first kappa shape index (κ1) is 20.1. The van der Waals surface area contributed by atoms with E-state index < -0.39 is 0 Å². The maximum Gasteiger partial charge on any atom is 0.120 e. The van der Waals surface area contributed by atoms with Crippen molar-refractivity contribution < 1.29 is 14.2 Å². The fourth-order valence-corrected chi connectivity index (χ4v) is 3.96. The van der Waals surface area contributed by atoms with Crippen LogP contribution in [0.25, 0.3) is 20.5 Å². The fraction of sp³-hybridized carbons (Fsp3) is 0.130. The first-order valence-corrected chi connectivity index (χ1v) is 9.94. The highest BCUT2D eigenvalue weighted by atomic mass is 32.1. The van der Waals surface area contributed by atoms with E-state index >= 15 is 0 Å². The quantitative estimate of drug-likeness (QED) is 0.386. The first-order valence-electron chi connectivity index (χ1n) is 8.68. The average Bonchev–Trinajstić information content (AvgIpc) is 3.17. The lowest BCUT2D eigenvalue weighted by molar-refractivity contribution is 0.413. The summed E-state index contributed by atoms with van der Waals surface area (Å²) in [4.78, 5) is 2.18. The van der Waals surface area contributed by atoms with Crippen LogP contribution >= 0.6 is 24.0 Å². The van der Waals surface area contributed by atoms with Gasteiger partial charge in [0.2, 0.25) is 0 Å². The van der Waals surface area contributed by atoms with E-state index in [4.69, 9.17) is 14.2 Å². The molecule has 0 aliphatic rings. The molecule has 1 aromatic heterocycles. The Balaban J connectivity index is 0.000000211. The van der Waals surface area contributed by atoms with Crippen molar-refractivity contribution in [2.45, 2.75) is 4.90 Å². The van der Waals surface area contributed by atoms with E-state index in [1.54, 1.807) is 32.7 Å². The minimum absolute atomic E-state index is 0.850. The molecule has 28 heavy (non-hydrogen) atoms. The van der Waals surface area contributed by atoms with Crippen LogP contribution in [0.1, 0.15) is 0 Å². The normalized spacial score (nSPS) is 10.1. The van der Waals surface area contributed by atoms with Crippen molar-refractivity contribution in [2.24, 2.45) is 0 Å². The van der Waals surface area contributed by atoms with Crippen molar-refractivity contribution in [1.82, 2.24) is 0 Å². The second-order valence-corrected chi connectivity index (χ2v) is 7.54. The Labute approximate surface area is 174 Å². The fourth-order valence-electron chi connectivity index (χ4n) is 2.65. The zero-order valence-electron chi connectivity index (χ0n) is 16.0. The van der Waals surface area contributed by atoms with Crippen LogP contribution in [-0.2, 0) is 0 Å². The molecule has 0 N–H and O–H groups in total. The smallest absolute Gasteiger partial charge is 0.120 e. The zero-order valence-corrected chi connectivity index (χ0v) is 17.7. The maximum absolute atomic E-state index is 5.26. The summed E-state index contributed by atoms with van der Waals surface area (Å²) in [5.41, 5.74) is 1.21. The molecule has 4 rings (SSSR count). The number of hydrogen-bond donors (Lipinski definition) is 1. The number of fused-ring (bicyclic) bond motifs is 1. The van der Waals surface area contributed by atoms with Crippen molar-refractivity contribution in [1.29, 1.82) is 0 Å². The van der Waals surface area contributed by atoms with Crippen LogP contribution in [0.4, 0.5) is 0 Å². The van der Waals surface area contributed by atoms with Crippen LogP contribution in [0.5, 0.6) is 17.2 Å². The van der Waals surface area contributed by atoms with Crippen LogP contribution in [0.3, 0.4) is 0 Å². The zero-order chi connectivity index (χ0) is 19.9. The van der Waals surface area contributed by atoms with Crippen LogP contribution in [0.2, 0.25) is 0 Å². The Kier molecular flexibility index (Phi) is 6.85. The van der Waals surface area contributed by atoms with Gasteiger partial charge in [-0.1, -0.05) is 6.07 Å². The molecule has 0 bridgehead atoms. The van der Waals surface area contributed by atoms with Crippen molar-refractivity contribution in [3.05, 3.63) is 72.8 Å². The molecule has 0 radical (unpaired) electrons. The lowest BCUT2D eigenvalue weighted by Crippen LogP contribution is -1.81. The van der Waals surface area contributed by atoms with E-state index in [1.807, 2.05) is 42.5 Å². The van der Waals surface area contributed by atoms with Crippen LogP contribution in [0.15, 0.2) is 77.7 Å². The van der Waals surface area contributed by atoms with E-state index in [1.165, 1.54) is 20.5 Å². The van der Waals surface area contributed by atoms with Gasteiger partial charge < -0.3 is 14.2 Å². The molecule has 0 spiro atoms. The van der Waals surface area contributed by atoms with Gasteiger partial charge in [0.25, 0.3) is 0 Å². The number of benzene rings is 3. The number of rotatable bonds is 4. The lowest BCUT2D eigenvalue weighted by atomic mass is 10.1. The molecule has 1 heterocycles. The largest absolute Gasteiger partial charge is 0.497 e. The molecule has 0 fully saturated rings. The molecule has 4 aromatic rings. The third-order valence-electron chi connectivity index (χ3n) is 4.16. The Hall–Kier alpha value is -2.63. The molecule has 0 aliphatic carbocycles. The summed E-state index contributed by atoms with van der Waals surface area (Å²) in [5.74, 6) is 2.63. The van der Waals surface area contributed by atoms with Gasteiger partial charge in [-0.15, -0.1) is 24.0 Å². The number of methoxy groups -OCH3 is 3. The van der Waals surface area contributed by atoms with Gasteiger partial charge >= 0.3 is 0 Å². The third-order valence-corrected chi connectivity index (χ3v) is 5.58. The summed E-state index contributed by atoms with van der Waals surface area (Å²) in [6, 6.07) is 24.1. The molecular formula is C23H22O3S2. The Bertz CT molecular complexity index is 1040. The first-order chi connectivity index (χ1) is 13.6. The molecule has 3 aromatic carbocycles. The lowest BCUT2D eigenvalue weighted by Gasteiger charge is -2.00. The second-order valence-electron chi connectivity index (χ2n) is 5.94. The van der Waals surface area contributed by atoms with Gasteiger partial charge in [0, 0.05) is 14.5 Å². The topological polar surface area (TPSA) is 27.7 Å². The molecule has 0 aliphatic heterocycles. The van der Waals surface area contributed by atoms with Crippen LogP contribution in [0, 0.1) is 0 Å². The van der Waals surface area contributed by atoms with Crippen LogP contribution in [-0.4, -0.2) is 21.3 Å². The van der Waals surface area contributed by atoms with Crippen molar-refractivity contribution >= 4 is 34.1 Å². The summed E-state index contributed by atoms with van der Waals surface area (Å²) in [7, 11) is 5.02. The maximum atomic E-state index is 5.26. The third kappa shape index (κ3) is 5.00. The molecule has 0 amide bonds. The monoisotopic (exact) mass is 410 g/mol. The number of thiol groups is 1. The predicted octanol–water partition coefficient (Wildman–Crippen LogP) is 6.57. The number of thiophene rings is 1. The van der Waals surface area contributed by atoms with Gasteiger partial charge in [-0.05, 0) is 77.7 Å². The molecular weight excluding hydrogens is 388 g/mol. The number of hydrogen-bond acceptors (Lipinski definition) is 5. The highest BCUT2D eigenvalue weighted by Gasteiger charge is 2.05. The minimum atomic E-state index is 0.850. The van der Waals surface area contributed by atoms with Gasteiger partial charge in [0.15, 0.2) is 0 Å². The van der Waals surface area contributed by atoms with E-state index in [-0.39, 0.29) is 0 Å². The summed E-state index contributed by atoms with van der Waals surface area (Å²) >= 11 is 5.90. The molecule has 0 atom stereocenters. The number of ether oxygens (including phenoxy) is 3. The summed E-state index contributed by atoms with van der Waals surface area (Å²) in [5, 5.41) is 1.25. The molecule has 0 saturated heterocycles. The standard InChI is InChI=1S/C16H14O2S.C7H8OS/c1-17-13-6-3-11(4-7-13)15-9-12-5-8-14(18-2)10-16(12)19-15;1-8-6-3-2-4-7(9)5-6/h3-10H,1-2H3;2-5,9H,1H3. The van der Waals surface area contributed by atoms with Crippen molar-refractivity contribution in [2.75, 3.05) is 21.3 Å². The second kappa shape index (κ2) is 9.53. The van der Waals surface area contributed by atoms with E-state index in [0.29, 0.717) is 0 Å². The molecule has 0 saturated carbocycles. The van der Waals surface area contributed by atoms with Gasteiger partial charge in [-0.25, -0.2) is 0 Å². The van der Waals surface area contributed by atoms with Gasteiger partial charge in [-0.3, -0.25) is 0 Å². The minimum Gasteiger partial charge on any atom is -0.497 e.